The lowest BCUT2D eigenvalue weighted by atomic mass is 10.4. The molecule has 0 aliphatic carbocycles. The molecule has 0 saturated carbocycles. The molecule has 2 rings (SSSR count). The molecule has 2 nitrogen and oxygen atoms in total. The highest BCUT2D eigenvalue weighted by Gasteiger charge is 2.15. The van der Waals surface area contributed by atoms with Gasteiger partial charge in [0, 0.05) is 20.5 Å². The van der Waals surface area contributed by atoms with E-state index >= 15 is 0 Å². The summed E-state index contributed by atoms with van der Waals surface area (Å²) in [6, 6.07) is 9.34. The summed E-state index contributed by atoms with van der Waals surface area (Å²) in [7, 11) is -1.19. The molecule has 18 heavy (non-hydrogen) atoms. The number of hydrogen-bond donors (Lipinski definition) is 1. The molecule has 0 bridgehead atoms. The second-order valence-electron chi connectivity index (χ2n) is 3.38. The van der Waals surface area contributed by atoms with Crippen LogP contribution in [0.2, 0.25) is 0 Å². The van der Waals surface area contributed by atoms with E-state index in [1.54, 1.807) is 11.8 Å². The van der Waals surface area contributed by atoms with E-state index in [1.807, 2.05) is 36.6 Å². The summed E-state index contributed by atoms with van der Waals surface area (Å²) >= 11 is 6.46. The van der Waals surface area contributed by atoms with Crippen LogP contribution in [0.3, 0.4) is 0 Å². The molecule has 0 saturated heterocycles. The maximum Gasteiger partial charge on any atom is 0.0870 e. The fraction of sp³-hybridized carbons (Fsp3) is 0.0833. The predicted molar refractivity (Wildman–Crippen MR) is 82.8 cm³/mol. The van der Waals surface area contributed by atoms with Crippen LogP contribution >= 0.6 is 39.0 Å². The van der Waals surface area contributed by atoms with E-state index in [0.717, 1.165) is 23.4 Å². The average molecular weight is 360 g/mol. The van der Waals surface area contributed by atoms with Gasteiger partial charge in [-0.1, -0.05) is 22.0 Å². The number of thioether (sulfide) groups is 1. The lowest BCUT2D eigenvalue weighted by molar-refractivity contribution is 0.682. The Morgan fingerprint density at radius 1 is 1.44 bits per heavy atom. The normalized spacial score (nSPS) is 12.3. The highest BCUT2D eigenvalue weighted by Crippen LogP contribution is 2.34. The number of thiophene rings is 1. The number of rotatable bonds is 4. The first-order chi connectivity index (χ1) is 8.65. The van der Waals surface area contributed by atoms with Gasteiger partial charge in [-0.3, -0.25) is 0 Å². The molecule has 94 valence electrons. The van der Waals surface area contributed by atoms with Crippen LogP contribution in [0.1, 0.15) is 4.88 Å². The monoisotopic (exact) mass is 359 g/mol. The third kappa shape index (κ3) is 2.93. The first-order valence-corrected chi connectivity index (χ1v) is 8.99. The van der Waals surface area contributed by atoms with E-state index in [9.17, 15) is 4.21 Å². The van der Waals surface area contributed by atoms with Gasteiger partial charge < -0.3 is 5.41 Å². The number of benzene rings is 1. The highest BCUT2D eigenvalue weighted by atomic mass is 79.9. The fourth-order valence-electron chi connectivity index (χ4n) is 1.43. The third-order valence-electron chi connectivity index (χ3n) is 2.22. The summed E-state index contributed by atoms with van der Waals surface area (Å²) in [6.45, 7) is 0. The molecule has 0 spiro atoms. The number of hydrogen-bond acceptors (Lipinski definition) is 4. The molecule has 0 aliphatic rings. The maximum atomic E-state index is 12.5. The topological polar surface area (TPSA) is 40.9 Å². The minimum Gasteiger partial charge on any atom is -0.307 e. The summed E-state index contributed by atoms with van der Waals surface area (Å²) in [5.74, 6) is 0. The van der Waals surface area contributed by atoms with Crippen molar-refractivity contribution in [3.63, 3.8) is 0 Å². The van der Waals surface area contributed by atoms with Crippen molar-refractivity contribution in [1.29, 1.82) is 5.41 Å². The van der Waals surface area contributed by atoms with Gasteiger partial charge in [-0.05, 0) is 30.5 Å². The number of halogens is 1. The van der Waals surface area contributed by atoms with Crippen LogP contribution in [-0.4, -0.2) is 16.7 Å². The van der Waals surface area contributed by atoms with Crippen LogP contribution in [0.25, 0.3) is 0 Å². The second kappa shape index (κ2) is 6.14. The van der Waals surface area contributed by atoms with Gasteiger partial charge in [-0.25, -0.2) is 4.21 Å². The second-order valence-corrected chi connectivity index (χ2v) is 7.90. The standard InChI is InChI=1S/C12H10BrNOS3/c1-16-12-11(6-9(7-14)17-12)18(15)10-4-2-3-8(13)5-10/h2-7,14H,1H3. The van der Waals surface area contributed by atoms with Crippen LogP contribution in [-0.2, 0) is 10.8 Å². The molecule has 1 aromatic heterocycles. The SMILES string of the molecule is CSc1sc(C=N)cc1S(=O)c1cccc(Br)c1. The molecule has 1 heterocycles. The summed E-state index contributed by atoms with van der Waals surface area (Å²) in [4.78, 5) is 2.40. The van der Waals surface area contributed by atoms with Gasteiger partial charge >= 0.3 is 0 Å². The van der Waals surface area contributed by atoms with Crippen LogP contribution < -0.4 is 0 Å². The van der Waals surface area contributed by atoms with Crippen molar-refractivity contribution in [2.24, 2.45) is 0 Å². The Labute approximate surface area is 125 Å². The molecule has 1 aromatic carbocycles. The molecule has 1 atom stereocenters. The smallest absolute Gasteiger partial charge is 0.0870 e. The molecule has 0 amide bonds. The molecular weight excluding hydrogens is 350 g/mol. The van der Waals surface area contributed by atoms with Crippen LogP contribution in [0, 0.1) is 5.41 Å². The molecule has 0 fully saturated rings. The van der Waals surface area contributed by atoms with Gasteiger partial charge in [0.15, 0.2) is 0 Å². The average Bonchev–Trinajstić information content (AvgIpc) is 2.81. The van der Waals surface area contributed by atoms with Crippen LogP contribution in [0.4, 0.5) is 0 Å². The van der Waals surface area contributed by atoms with Crippen molar-refractivity contribution in [3.8, 4) is 0 Å². The quantitative estimate of drug-likeness (QED) is 0.649. The van der Waals surface area contributed by atoms with Crippen molar-refractivity contribution < 1.29 is 4.21 Å². The van der Waals surface area contributed by atoms with E-state index in [-0.39, 0.29) is 0 Å². The van der Waals surface area contributed by atoms with Crippen molar-refractivity contribution in [1.82, 2.24) is 0 Å². The summed E-state index contributed by atoms with van der Waals surface area (Å²) in [5.41, 5.74) is 0. The van der Waals surface area contributed by atoms with Gasteiger partial charge in [0.05, 0.1) is 19.9 Å². The molecule has 1 N–H and O–H groups in total. The fourth-order valence-corrected chi connectivity index (χ4v) is 5.45. The van der Waals surface area contributed by atoms with E-state index in [1.165, 1.54) is 17.6 Å². The Morgan fingerprint density at radius 3 is 2.83 bits per heavy atom. The molecule has 1 unspecified atom stereocenters. The first kappa shape index (κ1) is 14.0. The van der Waals surface area contributed by atoms with E-state index in [4.69, 9.17) is 5.41 Å². The summed E-state index contributed by atoms with van der Waals surface area (Å²) in [6.07, 6.45) is 3.26. The third-order valence-corrected chi connectivity index (χ3v) is 6.60. The van der Waals surface area contributed by atoms with Crippen LogP contribution in [0.5, 0.6) is 0 Å². The van der Waals surface area contributed by atoms with E-state index in [2.05, 4.69) is 15.9 Å². The van der Waals surface area contributed by atoms with Crippen molar-refractivity contribution in [2.75, 3.05) is 6.26 Å². The van der Waals surface area contributed by atoms with Gasteiger partial charge in [0.2, 0.25) is 0 Å². The van der Waals surface area contributed by atoms with Gasteiger partial charge in [-0.2, -0.15) is 0 Å². The van der Waals surface area contributed by atoms with E-state index in [0.29, 0.717) is 0 Å². The van der Waals surface area contributed by atoms with Crippen molar-refractivity contribution in [2.45, 2.75) is 14.0 Å². The minimum atomic E-state index is -1.19. The van der Waals surface area contributed by atoms with Gasteiger partial charge in [0.1, 0.15) is 0 Å². The zero-order valence-electron chi connectivity index (χ0n) is 9.48. The summed E-state index contributed by atoms with van der Waals surface area (Å²) < 4.78 is 14.4. The minimum absolute atomic E-state index is 0.772. The molecule has 0 radical (unpaired) electrons. The lowest BCUT2D eigenvalue weighted by Gasteiger charge is -2.02. The molecule has 0 aliphatic heterocycles. The molecule has 6 heteroatoms. The Bertz CT molecular complexity index is 609. The lowest BCUT2D eigenvalue weighted by Crippen LogP contribution is -1.92. The maximum absolute atomic E-state index is 12.5. The van der Waals surface area contributed by atoms with Crippen LogP contribution in [0.15, 0.2) is 48.8 Å². The Kier molecular flexibility index (Phi) is 4.77. The predicted octanol–water partition coefficient (Wildman–Crippen LogP) is 4.40. The number of nitrogens with one attached hydrogen (secondary N) is 1. The largest absolute Gasteiger partial charge is 0.307 e. The summed E-state index contributed by atoms with van der Waals surface area (Å²) in [5, 5.41) is 7.28. The zero-order valence-corrected chi connectivity index (χ0v) is 13.5. The van der Waals surface area contributed by atoms with E-state index < -0.39 is 10.8 Å². The molecular formula is C12H10BrNOS3. The Hall–Kier alpha value is -0.430. The first-order valence-electron chi connectivity index (χ1n) is 5.01. The zero-order chi connectivity index (χ0) is 13.1. The van der Waals surface area contributed by atoms with Gasteiger partial charge in [0.25, 0.3) is 0 Å². The molecule has 2 aromatic rings. The van der Waals surface area contributed by atoms with Crippen molar-refractivity contribution in [3.05, 3.63) is 39.7 Å². The Morgan fingerprint density at radius 2 is 2.22 bits per heavy atom. The van der Waals surface area contributed by atoms with Crippen molar-refractivity contribution >= 4 is 56.0 Å². The van der Waals surface area contributed by atoms with Gasteiger partial charge in [-0.15, -0.1) is 23.1 Å². The highest BCUT2D eigenvalue weighted by molar-refractivity contribution is 9.10. The Balaban J connectivity index is 2.45.